The van der Waals surface area contributed by atoms with Crippen LogP contribution in [0.5, 0.6) is 0 Å². The minimum absolute atomic E-state index is 0.658. The standard InChI is InChI=1S/C15H15ClN4S/c1-2-17-15-19-13(12-7-8-21-14(12)20-15)18-9-10-3-5-11(16)6-4-10/h3-8H,2,9H2,1H3,(H2,17,18,19,20). The fraction of sp³-hybridized carbons (Fsp3) is 0.200. The Bertz CT molecular complexity index is 739. The number of fused-ring (bicyclic) bond motifs is 1. The molecule has 0 saturated carbocycles. The molecule has 0 fully saturated rings. The SMILES string of the molecule is CCNc1nc(NCc2ccc(Cl)cc2)c2ccsc2n1. The van der Waals surface area contributed by atoms with Gasteiger partial charge in [-0.2, -0.15) is 4.98 Å². The van der Waals surface area contributed by atoms with E-state index in [1.807, 2.05) is 42.6 Å². The largest absolute Gasteiger partial charge is 0.365 e. The Morgan fingerprint density at radius 3 is 2.67 bits per heavy atom. The van der Waals surface area contributed by atoms with E-state index in [4.69, 9.17) is 11.6 Å². The van der Waals surface area contributed by atoms with Crippen molar-refractivity contribution in [2.45, 2.75) is 13.5 Å². The first-order chi connectivity index (χ1) is 10.3. The topological polar surface area (TPSA) is 49.8 Å². The quantitative estimate of drug-likeness (QED) is 0.732. The zero-order chi connectivity index (χ0) is 14.7. The van der Waals surface area contributed by atoms with E-state index < -0.39 is 0 Å². The molecule has 21 heavy (non-hydrogen) atoms. The molecule has 0 radical (unpaired) electrons. The Morgan fingerprint density at radius 2 is 1.90 bits per heavy atom. The number of nitrogens with one attached hydrogen (secondary N) is 2. The average Bonchev–Trinajstić information content (AvgIpc) is 2.95. The summed E-state index contributed by atoms with van der Waals surface area (Å²) >= 11 is 7.52. The number of anilines is 2. The highest BCUT2D eigenvalue weighted by atomic mass is 35.5. The summed E-state index contributed by atoms with van der Waals surface area (Å²) in [5, 5.41) is 10.4. The van der Waals surface area contributed by atoms with Crippen molar-refractivity contribution in [3.8, 4) is 0 Å². The highest BCUT2D eigenvalue weighted by Gasteiger charge is 2.08. The molecule has 0 atom stereocenters. The van der Waals surface area contributed by atoms with Gasteiger partial charge in [0.2, 0.25) is 5.95 Å². The second-order valence-corrected chi connectivity index (χ2v) is 5.88. The molecule has 0 aliphatic rings. The number of thiophene rings is 1. The first-order valence-electron chi connectivity index (χ1n) is 6.73. The van der Waals surface area contributed by atoms with Crippen molar-refractivity contribution >= 4 is 44.9 Å². The van der Waals surface area contributed by atoms with Crippen LogP contribution in [0.1, 0.15) is 12.5 Å². The summed E-state index contributed by atoms with van der Waals surface area (Å²) in [6.07, 6.45) is 0. The predicted octanol–water partition coefficient (Wildman–Crippen LogP) is 4.39. The molecule has 0 aliphatic carbocycles. The Hall–Kier alpha value is -1.85. The molecule has 108 valence electrons. The second-order valence-electron chi connectivity index (χ2n) is 4.55. The summed E-state index contributed by atoms with van der Waals surface area (Å²) in [6.45, 7) is 3.53. The van der Waals surface area contributed by atoms with Crippen LogP contribution in [0.3, 0.4) is 0 Å². The van der Waals surface area contributed by atoms with Crippen LogP contribution in [-0.4, -0.2) is 16.5 Å². The normalized spacial score (nSPS) is 10.8. The van der Waals surface area contributed by atoms with Gasteiger partial charge in [-0.1, -0.05) is 23.7 Å². The number of hydrogen-bond acceptors (Lipinski definition) is 5. The van der Waals surface area contributed by atoms with Crippen LogP contribution in [0.4, 0.5) is 11.8 Å². The van der Waals surface area contributed by atoms with Crippen LogP contribution in [0.25, 0.3) is 10.2 Å². The molecule has 2 heterocycles. The molecule has 0 aliphatic heterocycles. The summed E-state index contributed by atoms with van der Waals surface area (Å²) < 4.78 is 0. The molecule has 4 nitrogen and oxygen atoms in total. The number of nitrogens with zero attached hydrogens (tertiary/aromatic N) is 2. The minimum atomic E-state index is 0.658. The van der Waals surface area contributed by atoms with Gasteiger partial charge in [-0.15, -0.1) is 11.3 Å². The highest BCUT2D eigenvalue weighted by Crippen LogP contribution is 2.26. The molecule has 2 aromatic heterocycles. The van der Waals surface area contributed by atoms with Crippen LogP contribution in [0.2, 0.25) is 5.02 Å². The third kappa shape index (κ3) is 3.25. The van der Waals surface area contributed by atoms with Crippen LogP contribution < -0.4 is 10.6 Å². The molecule has 3 rings (SSSR count). The van der Waals surface area contributed by atoms with Gasteiger partial charge in [0.1, 0.15) is 10.6 Å². The molecule has 0 spiro atoms. The molecule has 0 bridgehead atoms. The van der Waals surface area contributed by atoms with Crippen LogP contribution in [0, 0.1) is 0 Å². The van der Waals surface area contributed by atoms with E-state index in [0.29, 0.717) is 12.5 Å². The third-order valence-electron chi connectivity index (χ3n) is 3.03. The van der Waals surface area contributed by atoms with Crippen molar-refractivity contribution in [3.63, 3.8) is 0 Å². The lowest BCUT2D eigenvalue weighted by atomic mass is 10.2. The van der Waals surface area contributed by atoms with E-state index in [0.717, 1.165) is 33.2 Å². The van der Waals surface area contributed by atoms with Crippen LogP contribution in [0.15, 0.2) is 35.7 Å². The van der Waals surface area contributed by atoms with Gasteiger partial charge in [0.25, 0.3) is 0 Å². The molecular weight excluding hydrogens is 304 g/mol. The molecule has 6 heteroatoms. The van der Waals surface area contributed by atoms with Gasteiger partial charge in [-0.05, 0) is 36.1 Å². The smallest absolute Gasteiger partial charge is 0.226 e. The van der Waals surface area contributed by atoms with E-state index in [1.54, 1.807) is 11.3 Å². The Morgan fingerprint density at radius 1 is 1.10 bits per heavy atom. The summed E-state index contributed by atoms with van der Waals surface area (Å²) in [6, 6.07) is 9.84. The Balaban J connectivity index is 1.84. The average molecular weight is 319 g/mol. The highest BCUT2D eigenvalue weighted by molar-refractivity contribution is 7.16. The van der Waals surface area contributed by atoms with E-state index in [1.165, 1.54) is 0 Å². The number of hydrogen-bond donors (Lipinski definition) is 2. The van der Waals surface area contributed by atoms with Crippen LogP contribution >= 0.6 is 22.9 Å². The molecule has 2 N–H and O–H groups in total. The summed E-state index contributed by atoms with van der Waals surface area (Å²) in [5.74, 6) is 1.51. The fourth-order valence-corrected chi connectivity index (χ4v) is 2.91. The van der Waals surface area contributed by atoms with Gasteiger partial charge in [-0.3, -0.25) is 0 Å². The molecule has 0 unspecified atom stereocenters. The van der Waals surface area contributed by atoms with Crippen molar-refractivity contribution in [3.05, 3.63) is 46.3 Å². The van der Waals surface area contributed by atoms with Crippen molar-refractivity contribution in [1.29, 1.82) is 0 Å². The zero-order valence-corrected chi connectivity index (χ0v) is 13.1. The number of halogens is 1. The molecule has 0 amide bonds. The monoisotopic (exact) mass is 318 g/mol. The van der Waals surface area contributed by atoms with E-state index in [9.17, 15) is 0 Å². The van der Waals surface area contributed by atoms with Crippen molar-refractivity contribution < 1.29 is 0 Å². The molecule has 3 aromatic rings. The molecule has 0 saturated heterocycles. The number of aromatic nitrogens is 2. The first-order valence-corrected chi connectivity index (χ1v) is 7.99. The predicted molar refractivity (Wildman–Crippen MR) is 90.4 cm³/mol. The van der Waals surface area contributed by atoms with Crippen LogP contribution in [-0.2, 0) is 6.54 Å². The number of rotatable bonds is 5. The summed E-state index contributed by atoms with van der Waals surface area (Å²) in [5.41, 5.74) is 1.16. The van der Waals surface area contributed by atoms with E-state index in [2.05, 4.69) is 20.6 Å². The lowest BCUT2D eigenvalue weighted by molar-refractivity contribution is 1.08. The van der Waals surface area contributed by atoms with Gasteiger partial charge in [0.05, 0.1) is 5.39 Å². The maximum atomic E-state index is 5.90. The molecule has 1 aromatic carbocycles. The third-order valence-corrected chi connectivity index (χ3v) is 4.09. The molecular formula is C15H15ClN4S. The van der Waals surface area contributed by atoms with E-state index >= 15 is 0 Å². The van der Waals surface area contributed by atoms with Gasteiger partial charge >= 0.3 is 0 Å². The Kier molecular flexibility index (Phi) is 4.22. The zero-order valence-electron chi connectivity index (χ0n) is 11.6. The van der Waals surface area contributed by atoms with E-state index in [-0.39, 0.29) is 0 Å². The summed E-state index contributed by atoms with van der Waals surface area (Å²) in [4.78, 5) is 10.0. The maximum Gasteiger partial charge on any atom is 0.226 e. The summed E-state index contributed by atoms with van der Waals surface area (Å²) in [7, 11) is 0. The minimum Gasteiger partial charge on any atom is -0.365 e. The van der Waals surface area contributed by atoms with Crippen molar-refractivity contribution in [2.75, 3.05) is 17.2 Å². The second kappa shape index (κ2) is 6.28. The fourth-order valence-electron chi connectivity index (χ4n) is 2.02. The maximum absolute atomic E-state index is 5.90. The van der Waals surface area contributed by atoms with Gasteiger partial charge in [0.15, 0.2) is 0 Å². The van der Waals surface area contributed by atoms with Crippen molar-refractivity contribution in [2.24, 2.45) is 0 Å². The number of benzene rings is 1. The Labute approximate surface area is 132 Å². The van der Waals surface area contributed by atoms with Gasteiger partial charge in [0, 0.05) is 18.1 Å². The van der Waals surface area contributed by atoms with Gasteiger partial charge < -0.3 is 10.6 Å². The first kappa shape index (κ1) is 14.1. The van der Waals surface area contributed by atoms with Gasteiger partial charge in [-0.25, -0.2) is 4.98 Å². The lowest BCUT2D eigenvalue weighted by Crippen LogP contribution is -2.06. The lowest BCUT2D eigenvalue weighted by Gasteiger charge is -2.09. The van der Waals surface area contributed by atoms with Crippen molar-refractivity contribution in [1.82, 2.24) is 9.97 Å².